The lowest BCUT2D eigenvalue weighted by Crippen LogP contribution is -2.16. The van der Waals surface area contributed by atoms with E-state index in [1.807, 2.05) is 45.3 Å². The van der Waals surface area contributed by atoms with Crippen LogP contribution in [0.4, 0.5) is 22.7 Å². The summed E-state index contributed by atoms with van der Waals surface area (Å²) < 4.78 is 6.03. The maximum Gasteiger partial charge on any atom is 0.229 e. The number of rotatable bonds is 7. The molecule has 0 amide bonds. The van der Waals surface area contributed by atoms with E-state index in [1.54, 1.807) is 12.0 Å². The van der Waals surface area contributed by atoms with Gasteiger partial charge in [0.1, 0.15) is 11.6 Å². The van der Waals surface area contributed by atoms with Crippen molar-refractivity contribution in [3.63, 3.8) is 0 Å². The van der Waals surface area contributed by atoms with Crippen molar-refractivity contribution in [3.05, 3.63) is 30.1 Å². The number of nitrogen functional groups attached to an aromatic ring is 1. The molecule has 1 atom stereocenters. The Balaban J connectivity index is 1.70. The first-order chi connectivity index (χ1) is 12.9. The topological polar surface area (TPSA) is 115 Å². The number of benzene rings is 1. The van der Waals surface area contributed by atoms with Crippen molar-refractivity contribution in [2.45, 2.75) is 16.5 Å². The van der Waals surface area contributed by atoms with Gasteiger partial charge in [-0.3, -0.25) is 0 Å². The van der Waals surface area contributed by atoms with Crippen LogP contribution in [0.1, 0.15) is 18.0 Å². The molecule has 0 aliphatic carbocycles. The van der Waals surface area contributed by atoms with Crippen molar-refractivity contribution in [1.29, 1.82) is 0 Å². The van der Waals surface area contributed by atoms with E-state index < -0.39 is 0 Å². The largest absolute Gasteiger partial charge is 0.497 e. The highest BCUT2D eigenvalue weighted by molar-refractivity contribution is 8.01. The predicted molar refractivity (Wildman–Crippen MR) is 109 cm³/mol. The number of nitrogens with one attached hydrogen (secondary N) is 1. The molecule has 0 fully saturated rings. The molecule has 3 rings (SSSR count). The van der Waals surface area contributed by atoms with E-state index in [-0.39, 0.29) is 11.2 Å². The fourth-order valence-electron chi connectivity index (χ4n) is 2.12. The number of hydrogen-bond acceptors (Lipinski definition) is 11. The van der Waals surface area contributed by atoms with Gasteiger partial charge in [0.05, 0.1) is 12.4 Å². The highest BCUT2D eigenvalue weighted by Gasteiger charge is 2.17. The van der Waals surface area contributed by atoms with Crippen molar-refractivity contribution in [2.24, 2.45) is 0 Å². The lowest BCUT2D eigenvalue weighted by Gasteiger charge is -2.13. The predicted octanol–water partition coefficient (Wildman–Crippen LogP) is 2.98. The maximum atomic E-state index is 5.80. The van der Waals surface area contributed by atoms with Crippen LogP contribution in [0.5, 0.6) is 5.75 Å². The number of methoxy groups -OCH3 is 1. The Morgan fingerprint density at radius 2 is 2.04 bits per heavy atom. The molecule has 0 unspecified atom stereocenters. The standard InChI is InChI=1S/C16H20N8OS2/c1-9(12-19-13(17)21-14(20-12)24(2)3)26-16-23-22-15(27-16)18-10-6-5-7-11(8-10)25-4/h5-9H,1-4H3,(H,18,22)(H2,17,19,20,21)/t9-/m1/s1. The Morgan fingerprint density at radius 1 is 1.22 bits per heavy atom. The van der Waals surface area contributed by atoms with E-state index >= 15 is 0 Å². The number of nitrogens with zero attached hydrogens (tertiary/aromatic N) is 6. The Bertz CT molecular complexity index is 917. The van der Waals surface area contributed by atoms with Gasteiger partial charge >= 0.3 is 0 Å². The third kappa shape index (κ3) is 4.95. The minimum atomic E-state index is -0.0494. The van der Waals surface area contributed by atoms with E-state index in [0.717, 1.165) is 15.8 Å². The van der Waals surface area contributed by atoms with Crippen molar-refractivity contribution in [1.82, 2.24) is 25.1 Å². The van der Waals surface area contributed by atoms with Crippen LogP contribution < -0.4 is 20.7 Å². The summed E-state index contributed by atoms with van der Waals surface area (Å²) in [6.07, 6.45) is 0. The molecule has 2 heterocycles. The van der Waals surface area contributed by atoms with Crippen LogP contribution in [-0.2, 0) is 0 Å². The van der Waals surface area contributed by atoms with E-state index in [0.29, 0.717) is 16.9 Å². The van der Waals surface area contributed by atoms with Crippen molar-refractivity contribution in [3.8, 4) is 5.75 Å². The highest BCUT2D eigenvalue weighted by atomic mass is 32.2. The van der Waals surface area contributed by atoms with Gasteiger partial charge in [-0.1, -0.05) is 29.2 Å². The molecular weight excluding hydrogens is 384 g/mol. The molecule has 0 aliphatic rings. The van der Waals surface area contributed by atoms with Gasteiger partial charge in [0.2, 0.25) is 17.0 Å². The number of nitrogens with two attached hydrogens (primary N) is 1. The average molecular weight is 405 g/mol. The maximum absolute atomic E-state index is 5.80. The van der Waals surface area contributed by atoms with Crippen LogP contribution in [0.3, 0.4) is 0 Å². The fraction of sp³-hybridized carbons (Fsp3) is 0.312. The third-order valence-electron chi connectivity index (χ3n) is 3.43. The molecule has 142 valence electrons. The molecule has 9 nitrogen and oxygen atoms in total. The van der Waals surface area contributed by atoms with Crippen LogP contribution in [0.25, 0.3) is 0 Å². The Labute approximate surface area is 165 Å². The summed E-state index contributed by atoms with van der Waals surface area (Å²) in [5.41, 5.74) is 6.68. The van der Waals surface area contributed by atoms with Crippen LogP contribution in [0.15, 0.2) is 28.6 Å². The van der Waals surface area contributed by atoms with Gasteiger partial charge in [0.25, 0.3) is 0 Å². The van der Waals surface area contributed by atoms with Crippen molar-refractivity contribution < 1.29 is 4.74 Å². The first-order valence-corrected chi connectivity index (χ1v) is 9.74. The molecular formula is C16H20N8OS2. The van der Waals surface area contributed by atoms with E-state index in [4.69, 9.17) is 10.5 Å². The molecule has 27 heavy (non-hydrogen) atoms. The summed E-state index contributed by atoms with van der Waals surface area (Å²) in [4.78, 5) is 14.6. The normalized spacial score (nSPS) is 11.9. The molecule has 3 aromatic rings. The second-order valence-corrected chi connectivity index (χ2v) is 8.30. The molecule has 2 aromatic heterocycles. The summed E-state index contributed by atoms with van der Waals surface area (Å²) in [5.74, 6) is 2.11. The van der Waals surface area contributed by atoms with E-state index in [9.17, 15) is 0 Å². The van der Waals surface area contributed by atoms with Crippen molar-refractivity contribution in [2.75, 3.05) is 37.2 Å². The Kier molecular flexibility index (Phi) is 5.91. The molecule has 3 N–H and O–H groups in total. The zero-order valence-corrected chi connectivity index (χ0v) is 17.0. The number of anilines is 4. The summed E-state index contributed by atoms with van der Waals surface area (Å²) in [6, 6.07) is 7.63. The van der Waals surface area contributed by atoms with E-state index in [2.05, 4.69) is 30.5 Å². The average Bonchev–Trinajstić information content (AvgIpc) is 3.08. The summed E-state index contributed by atoms with van der Waals surface area (Å²) in [6.45, 7) is 2.00. The van der Waals surface area contributed by atoms with Gasteiger partial charge < -0.3 is 20.7 Å². The SMILES string of the molecule is COc1cccc(Nc2nnc(S[C@H](C)c3nc(N)nc(N(C)C)n3)s2)c1. The first kappa shape index (κ1) is 19.1. The Morgan fingerprint density at radius 3 is 2.78 bits per heavy atom. The van der Waals surface area contributed by atoms with Crippen LogP contribution in [0.2, 0.25) is 0 Å². The lowest BCUT2D eigenvalue weighted by atomic mass is 10.3. The zero-order chi connectivity index (χ0) is 19.4. The van der Waals surface area contributed by atoms with Crippen LogP contribution in [0, 0.1) is 0 Å². The quantitative estimate of drug-likeness (QED) is 0.569. The van der Waals surface area contributed by atoms with Gasteiger partial charge in [-0.2, -0.15) is 15.0 Å². The molecule has 0 aliphatic heterocycles. The van der Waals surface area contributed by atoms with Gasteiger partial charge in [0, 0.05) is 25.8 Å². The molecule has 1 aromatic carbocycles. The molecule has 0 saturated carbocycles. The first-order valence-electron chi connectivity index (χ1n) is 8.04. The van der Waals surface area contributed by atoms with Crippen LogP contribution in [-0.4, -0.2) is 46.4 Å². The second kappa shape index (κ2) is 8.35. The molecule has 0 saturated heterocycles. The number of ether oxygens (including phenoxy) is 1. The van der Waals surface area contributed by atoms with Gasteiger partial charge in [-0.15, -0.1) is 10.2 Å². The number of aromatic nitrogens is 5. The third-order valence-corrected chi connectivity index (χ3v) is 5.45. The summed E-state index contributed by atoms with van der Waals surface area (Å²) in [5, 5.41) is 12.3. The summed E-state index contributed by atoms with van der Waals surface area (Å²) in [7, 11) is 5.35. The minimum Gasteiger partial charge on any atom is -0.497 e. The minimum absolute atomic E-state index is 0.0494. The summed E-state index contributed by atoms with van der Waals surface area (Å²) >= 11 is 2.97. The Hall–Kier alpha value is -2.66. The van der Waals surface area contributed by atoms with Crippen molar-refractivity contribution >= 4 is 45.8 Å². The fourth-order valence-corrected chi connectivity index (χ4v) is 4.08. The van der Waals surface area contributed by atoms with Crippen LogP contribution >= 0.6 is 23.1 Å². The zero-order valence-electron chi connectivity index (χ0n) is 15.4. The number of hydrogen-bond donors (Lipinski definition) is 2. The van der Waals surface area contributed by atoms with Gasteiger partial charge in [0.15, 0.2) is 4.34 Å². The van der Waals surface area contributed by atoms with E-state index in [1.165, 1.54) is 23.1 Å². The molecule has 11 heteroatoms. The van der Waals surface area contributed by atoms with Gasteiger partial charge in [-0.25, -0.2) is 0 Å². The molecule has 0 radical (unpaired) electrons. The molecule has 0 bridgehead atoms. The second-order valence-electron chi connectivity index (χ2n) is 5.74. The molecule has 0 spiro atoms. The highest BCUT2D eigenvalue weighted by Crippen LogP contribution is 2.37. The lowest BCUT2D eigenvalue weighted by molar-refractivity contribution is 0.415. The number of thioether (sulfide) groups is 1. The smallest absolute Gasteiger partial charge is 0.229 e. The van der Waals surface area contributed by atoms with Gasteiger partial charge in [-0.05, 0) is 19.1 Å². The monoisotopic (exact) mass is 404 g/mol.